The Hall–Kier alpha value is -0.820. The van der Waals surface area contributed by atoms with Crippen LogP contribution in [-0.2, 0) is 19.3 Å². The van der Waals surface area contributed by atoms with E-state index in [1.807, 2.05) is 0 Å². The lowest BCUT2D eigenvalue weighted by Crippen LogP contribution is -2.24. The van der Waals surface area contributed by atoms with Crippen LogP contribution in [0.25, 0.3) is 0 Å². The monoisotopic (exact) mass is 289 g/mol. The Kier molecular flexibility index (Phi) is 8.03. The molecule has 0 aromatic heterocycles. The van der Waals surface area contributed by atoms with E-state index in [1.165, 1.54) is 47.9 Å². The first-order valence-electron chi connectivity index (χ1n) is 9.02. The summed E-state index contributed by atoms with van der Waals surface area (Å²) in [6.07, 6.45) is 8.30. The van der Waals surface area contributed by atoms with Crippen molar-refractivity contribution >= 4 is 0 Å². The summed E-state index contributed by atoms with van der Waals surface area (Å²) in [6.45, 7) is 11.3. The van der Waals surface area contributed by atoms with Gasteiger partial charge in [0.05, 0.1) is 0 Å². The van der Waals surface area contributed by atoms with Crippen molar-refractivity contribution in [2.75, 3.05) is 0 Å². The number of hydrogen-bond acceptors (Lipinski definition) is 1. The molecular formula is C20H35N. The minimum Gasteiger partial charge on any atom is -0.324 e. The fourth-order valence-electron chi connectivity index (χ4n) is 3.41. The maximum Gasteiger partial charge on any atom is 0.0328 e. The van der Waals surface area contributed by atoms with Crippen molar-refractivity contribution in [3.8, 4) is 0 Å². The maximum absolute atomic E-state index is 6.73. The van der Waals surface area contributed by atoms with Crippen molar-refractivity contribution < 1.29 is 0 Å². The van der Waals surface area contributed by atoms with Crippen LogP contribution in [0.3, 0.4) is 0 Å². The summed E-state index contributed by atoms with van der Waals surface area (Å²) in [5.41, 5.74) is 12.6. The van der Waals surface area contributed by atoms with Gasteiger partial charge in [0.15, 0.2) is 0 Å². The summed E-state index contributed by atoms with van der Waals surface area (Å²) >= 11 is 0. The van der Waals surface area contributed by atoms with Gasteiger partial charge in [0.2, 0.25) is 0 Å². The number of aryl methyl sites for hydroxylation is 3. The largest absolute Gasteiger partial charge is 0.324 e. The standard InChI is InChI=1S/C20H35N/c1-6-11-12-16(8-3)20(21)19-17(9-4)13-15(7-2)14-18(19)10-5/h13-14,16,20H,6-12,21H2,1-5H3. The molecule has 0 heterocycles. The average molecular weight is 290 g/mol. The van der Waals surface area contributed by atoms with Gasteiger partial charge in [-0.3, -0.25) is 0 Å². The molecule has 1 aromatic carbocycles. The Labute approximate surface area is 132 Å². The van der Waals surface area contributed by atoms with E-state index in [4.69, 9.17) is 5.73 Å². The molecule has 1 nitrogen and oxygen atoms in total. The van der Waals surface area contributed by atoms with Crippen LogP contribution < -0.4 is 5.73 Å². The van der Waals surface area contributed by atoms with Gasteiger partial charge in [0.25, 0.3) is 0 Å². The quantitative estimate of drug-likeness (QED) is 0.630. The Morgan fingerprint density at radius 3 is 1.86 bits per heavy atom. The molecule has 0 aliphatic heterocycles. The maximum atomic E-state index is 6.73. The van der Waals surface area contributed by atoms with Crippen LogP contribution in [0.5, 0.6) is 0 Å². The fraction of sp³-hybridized carbons (Fsp3) is 0.700. The Balaban J connectivity index is 3.18. The predicted molar refractivity (Wildman–Crippen MR) is 94.8 cm³/mol. The molecule has 1 aromatic rings. The smallest absolute Gasteiger partial charge is 0.0328 e. The first kappa shape index (κ1) is 18.2. The molecule has 0 aliphatic rings. The van der Waals surface area contributed by atoms with E-state index in [0.29, 0.717) is 5.92 Å². The molecule has 0 radical (unpaired) electrons. The molecular weight excluding hydrogens is 254 g/mol. The summed E-state index contributed by atoms with van der Waals surface area (Å²) < 4.78 is 0. The van der Waals surface area contributed by atoms with E-state index >= 15 is 0 Å². The van der Waals surface area contributed by atoms with Gasteiger partial charge < -0.3 is 5.73 Å². The van der Waals surface area contributed by atoms with Gasteiger partial charge in [-0.15, -0.1) is 0 Å². The Morgan fingerprint density at radius 2 is 1.48 bits per heavy atom. The van der Waals surface area contributed by atoms with Crippen LogP contribution in [0.15, 0.2) is 12.1 Å². The number of rotatable bonds is 9. The van der Waals surface area contributed by atoms with Crippen LogP contribution in [-0.4, -0.2) is 0 Å². The van der Waals surface area contributed by atoms with E-state index in [1.54, 1.807) is 0 Å². The molecule has 2 atom stereocenters. The highest BCUT2D eigenvalue weighted by atomic mass is 14.7. The van der Waals surface area contributed by atoms with Crippen LogP contribution >= 0.6 is 0 Å². The SMILES string of the molecule is CCCCC(CC)C(N)c1c(CC)cc(CC)cc1CC. The molecule has 1 rings (SSSR count). The van der Waals surface area contributed by atoms with Crippen LogP contribution in [0.4, 0.5) is 0 Å². The molecule has 0 fully saturated rings. The topological polar surface area (TPSA) is 26.0 Å². The molecule has 2 N–H and O–H groups in total. The molecule has 21 heavy (non-hydrogen) atoms. The lowest BCUT2D eigenvalue weighted by Gasteiger charge is -2.28. The van der Waals surface area contributed by atoms with E-state index in [-0.39, 0.29) is 6.04 Å². The molecule has 1 heteroatoms. The molecule has 2 unspecified atom stereocenters. The lowest BCUT2D eigenvalue weighted by atomic mass is 9.81. The molecule has 0 bridgehead atoms. The second-order valence-electron chi connectivity index (χ2n) is 6.22. The molecule has 0 spiro atoms. The number of benzene rings is 1. The Bertz CT molecular complexity index is 397. The lowest BCUT2D eigenvalue weighted by molar-refractivity contribution is 0.375. The van der Waals surface area contributed by atoms with Crippen LogP contribution in [0.2, 0.25) is 0 Å². The van der Waals surface area contributed by atoms with Crippen molar-refractivity contribution in [1.29, 1.82) is 0 Å². The first-order valence-corrected chi connectivity index (χ1v) is 9.02. The molecule has 0 aliphatic carbocycles. The van der Waals surface area contributed by atoms with E-state index in [2.05, 4.69) is 46.8 Å². The van der Waals surface area contributed by atoms with Gasteiger partial charge in [0.1, 0.15) is 0 Å². The fourth-order valence-corrected chi connectivity index (χ4v) is 3.41. The van der Waals surface area contributed by atoms with Gasteiger partial charge in [-0.2, -0.15) is 0 Å². The Morgan fingerprint density at radius 1 is 0.905 bits per heavy atom. The molecule has 0 amide bonds. The van der Waals surface area contributed by atoms with Crippen LogP contribution in [0.1, 0.15) is 88.6 Å². The zero-order valence-corrected chi connectivity index (χ0v) is 14.8. The van der Waals surface area contributed by atoms with E-state index in [0.717, 1.165) is 19.3 Å². The van der Waals surface area contributed by atoms with Crippen molar-refractivity contribution in [2.45, 2.75) is 85.6 Å². The third-order valence-corrected chi connectivity index (χ3v) is 4.88. The summed E-state index contributed by atoms with van der Waals surface area (Å²) in [5, 5.41) is 0. The van der Waals surface area contributed by atoms with Gasteiger partial charge >= 0.3 is 0 Å². The van der Waals surface area contributed by atoms with Crippen molar-refractivity contribution in [2.24, 2.45) is 11.7 Å². The van der Waals surface area contributed by atoms with Gasteiger partial charge in [0, 0.05) is 6.04 Å². The molecule has 0 saturated carbocycles. The molecule has 0 saturated heterocycles. The number of nitrogens with two attached hydrogens (primary N) is 1. The third kappa shape index (κ3) is 4.57. The highest BCUT2D eigenvalue weighted by molar-refractivity contribution is 5.42. The average Bonchev–Trinajstić information content (AvgIpc) is 2.53. The number of unbranched alkanes of at least 4 members (excludes halogenated alkanes) is 1. The minimum absolute atomic E-state index is 0.206. The summed E-state index contributed by atoms with van der Waals surface area (Å²) in [7, 11) is 0. The van der Waals surface area contributed by atoms with Crippen LogP contribution in [0, 0.1) is 5.92 Å². The van der Waals surface area contributed by atoms with Crippen molar-refractivity contribution in [1.82, 2.24) is 0 Å². The summed E-state index contributed by atoms with van der Waals surface area (Å²) in [5.74, 6) is 0.619. The first-order chi connectivity index (χ1) is 10.1. The van der Waals surface area contributed by atoms with Gasteiger partial charge in [-0.1, -0.05) is 66.0 Å². The zero-order chi connectivity index (χ0) is 15.8. The zero-order valence-electron chi connectivity index (χ0n) is 14.8. The van der Waals surface area contributed by atoms with E-state index in [9.17, 15) is 0 Å². The van der Waals surface area contributed by atoms with Gasteiger partial charge in [-0.05, 0) is 53.9 Å². The van der Waals surface area contributed by atoms with Crippen molar-refractivity contribution in [3.05, 3.63) is 34.4 Å². The summed E-state index contributed by atoms with van der Waals surface area (Å²) in [6, 6.07) is 4.99. The number of hydrogen-bond donors (Lipinski definition) is 1. The highest BCUT2D eigenvalue weighted by Gasteiger charge is 2.22. The predicted octanol–water partition coefficient (Wildman–Crippen LogP) is 5.59. The second-order valence-corrected chi connectivity index (χ2v) is 6.22. The van der Waals surface area contributed by atoms with Crippen molar-refractivity contribution in [3.63, 3.8) is 0 Å². The normalized spacial score (nSPS) is 14.2. The summed E-state index contributed by atoms with van der Waals surface area (Å²) in [4.78, 5) is 0. The minimum atomic E-state index is 0.206. The molecule has 120 valence electrons. The van der Waals surface area contributed by atoms with Gasteiger partial charge in [-0.25, -0.2) is 0 Å². The van der Waals surface area contributed by atoms with E-state index < -0.39 is 0 Å². The highest BCUT2D eigenvalue weighted by Crippen LogP contribution is 2.33. The third-order valence-electron chi connectivity index (χ3n) is 4.88. The second kappa shape index (κ2) is 9.25.